The van der Waals surface area contributed by atoms with Crippen LogP contribution in [0.2, 0.25) is 0 Å². The molecule has 3 aromatic heterocycles. The van der Waals surface area contributed by atoms with Gasteiger partial charge in [-0.25, -0.2) is 0 Å². The van der Waals surface area contributed by atoms with Gasteiger partial charge < -0.3 is 4.90 Å². The molecule has 2 aliphatic rings. The van der Waals surface area contributed by atoms with Gasteiger partial charge >= 0.3 is 0 Å². The van der Waals surface area contributed by atoms with Crippen molar-refractivity contribution < 1.29 is 4.79 Å². The van der Waals surface area contributed by atoms with Gasteiger partial charge in [-0.1, -0.05) is 6.07 Å². The number of carbonyl (C=O) groups excluding carboxylic acids is 1. The van der Waals surface area contributed by atoms with Gasteiger partial charge in [0, 0.05) is 37.3 Å². The Bertz CT molecular complexity index is 940. The maximum atomic E-state index is 12.8. The van der Waals surface area contributed by atoms with Crippen LogP contribution in [-0.2, 0) is 6.42 Å². The van der Waals surface area contributed by atoms with E-state index in [0.717, 1.165) is 49.5 Å². The van der Waals surface area contributed by atoms with E-state index < -0.39 is 0 Å². The summed E-state index contributed by atoms with van der Waals surface area (Å²) >= 11 is 0. The van der Waals surface area contributed by atoms with Gasteiger partial charge in [0.2, 0.25) is 0 Å². The van der Waals surface area contributed by atoms with Crippen LogP contribution < -0.4 is 0 Å². The molecule has 1 amide bonds. The lowest BCUT2D eigenvalue weighted by Crippen LogP contribution is -2.40. The van der Waals surface area contributed by atoms with Crippen LogP contribution in [0, 0.1) is 5.92 Å². The summed E-state index contributed by atoms with van der Waals surface area (Å²) in [6.45, 7) is 1.56. The molecule has 0 radical (unpaired) electrons. The number of piperidine rings is 1. The lowest BCUT2D eigenvalue weighted by atomic mass is 9.94. The van der Waals surface area contributed by atoms with E-state index in [1.54, 1.807) is 0 Å². The largest absolute Gasteiger partial charge is 0.337 e. The number of pyridine rings is 1. The van der Waals surface area contributed by atoms with E-state index in [9.17, 15) is 4.79 Å². The summed E-state index contributed by atoms with van der Waals surface area (Å²) in [6, 6.07) is 7.86. The number of likely N-dealkylation sites (tertiary alicyclic amines) is 1. The highest BCUT2D eigenvalue weighted by Gasteiger charge is 2.30. The molecule has 7 heteroatoms. The van der Waals surface area contributed by atoms with Crippen LogP contribution in [0.3, 0.4) is 0 Å². The molecule has 1 N–H and O–H groups in total. The van der Waals surface area contributed by atoms with E-state index >= 15 is 0 Å². The van der Waals surface area contributed by atoms with Crippen molar-refractivity contribution in [3.63, 3.8) is 0 Å². The molecule has 3 aromatic rings. The van der Waals surface area contributed by atoms with Crippen molar-refractivity contribution in [3.05, 3.63) is 47.7 Å². The standard InChI is InChI=1S/C19H22N6O/c26-19(16-11-15(20-21-16)14-6-7-14)24-8-3-4-13(12-24)10-18-23-22-17-5-1-2-9-25(17)18/h1-2,5,9,11,13-14H,3-4,6-8,10,12H2,(H,20,21). The van der Waals surface area contributed by atoms with Crippen molar-refractivity contribution in [2.75, 3.05) is 13.1 Å². The molecule has 2 fully saturated rings. The Morgan fingerprint density at radius 1 is 1.23 bits per heavy atom. The first-order valence-electron chi connectivity index (χ1n) is 9.41. The van der Waals surface area contributed by atoms with Gasteiger partial charge in [0.05, 0.1) is 0 Å². The maximum Gasteiger partial charge on any atom is 0.274 e. The van der Waals surface area contributed by atoms with Crippen LogP contribution in [0.4, 0.5) is 0 Å². The number of carbonyl (C=O) groups is 1. The molecule has 7 nitrogen and oxygen atoms in total. The van der Waals surface area contributed by atoms with Gasteiger partial charge in [-0.2, -0.15) is 5.10 Å². The molecule has 0 spiro atoms. The molecule has 1 unspecified atom stereocenters. The topological polar surface area (TPSA) is 79.2 Å². The first kappa shape index (κ1) is 15.5. The third-order valence-electron chi connectivity index (χ3n) is 5.50. The number of hydrogen-bond donors (Lipinski definition) is 1. The van der Waals surface area contributed by atoms with Gasteiger partial charge in [0.1, 0.15) is 11.5 Å². The minimum atomic E-state index is 0.0453. The Balaban J connectivity index is 1.29. The summed E-state index contributed by atoms with van der Waals surface area (Å²) in [5.41, 5.74) is 2.53. The van der Waals surface area contributed by atoms with E-state index in [1.165, 1.54) is 12.8 Å². The molecule has 26 heavy (non-hydrogen) atoms. The van der Waals surface area contributed by atoms with Gasteiger partial charge in [0.25, 0.3) is 5.91 Å². The zero-order valence-corrected chi connectivity index (χ0v) is 14.6. The number of nitrogens with zero attached hydrogens (tertiary/aromatic N) is 5. The lowest BCUT2D eigenvalue weighted by molar-refractivity contribution is 0.0666. The molecule has 1 saturated heterocycles. The summed E-state index contributed by atoms with van der Waals surface area (Å²) in [6.07, 6.45) is 7.37. The smallest absolute Gasteiger partial charge is 0.274 e. The Labute approximate surface area is 151 Å². The molecule has 1 saturated carbocycles. The zero-order valence-electron chi connectivity index (χ0n) is 14.6. The van der Waals surface area contributed by atoms with Crippen LogP contribution >= 0.6 is 0 Å². The highest BCUT2D eigenvalue weighted by Crippen LogP contribution is 2.39. The summed E-state index contributed by atoms with van der Waals surface area (Å²) in [5, 5.41) is 15.9. The number of nitrogens with one attached hydrogen (secondary N) is 1. The number of rotatable bonds is 4. The van der Waals surface area contributed by atoms with E-state index in [1.807, 2.05) is 39.8 Å². The van der Waals surface area contributed by atoms with E-state index in [4.69, 9.17) is 0 Å². The van der Waals surface area contributed by atoms with E-state index in [0.29, 0.717) is 17.5 Å². The highest BCUT2D eigenvalue weighted by atomic mass is 16.2. The van der Waals surface area contributed by atoms with Crippen molar-refractivity contribution in [3.8, 4) is 0 Å². The Morgan fingerprint density at radius 3 is 3.04 bits per heavy atom. The van der Waals surface area contributed by atoms with Crippen LogP contribution in [0.1, 0.15) is 53.6 Å². The summed E-state index contributed by atoms with van der Waals surface area (Å²) in [7, 11) is 0. The van der Waals surface area contributed by atoms with Crippen molar-refractivity contribution in [1.29, 1.82) is 0 Å². The maximum absolute atomic E-state index is 12.8. The molecule has 5 rings (SSSR count). The minimum Gasteiger partial charge on any atom is -0.337 e. The SMILES string of the molecule is O=C(c1cc(C2CC2)[nH]n1)N1CCCC(Cc2nnc3ccccn23)C1. The van der Waals surface area contributed by atoms with Crippen LogP contribution in [0.15, 0.2) is 30.5 Å². The molecule has 1 aliphatic carbocycles. The summed E-state index contributed by atoms with van der Waals surface area (Å²) < 4.78 is 2.04. The predicted octanol–water partition coefficient (Wildman–Crippen LogP) is 2.42. The molecule has 134 valence electrons. The normalized spacial score (nSPS) is 20.6. The Kier molecular flexibility index (Phi) is 3.72. The van der Waals surface area contributed by atoms with Crippen molar-refractivity contribution in [2.45, 2.75) is 38.0 Å². The molecule has 1 aliphatic heterocycles. The average Bonchev–Trinajstić information content (AvgIpc) is 3.27. The lowest BCUT2D eigenvalue weighted by Gasteiger charge is -2.32. The number of H-pyrrole nitrogens is 1. The quantitative estimate of drug-likeness (QED) is 0.784. The molecule has 0 bridgehead atoms. The third-order valence-corrected chi connectivity index (χ3v) is 5.50. The second-order valence-corrected chi connectivity index (χ2v) is 7.49. The van der Waals surface area contributed by atoms with Crippen molar-refractivity contribution in [1.82, 2.24) is 29.7 Å². The van der Waals surface area contributed by atoms with Crippen LogP contribution in [0.5, 0.6) is 0 Å². The fourth-order valence-corrected chi connectivity index (χ4v) is 3.92. The second-order valence-electron chi connectivity index (χ2n) is 7.49. The Hall–Kier alpha value is -2.70. The number of aromatic amines is 1. The number of amides is 1. The van der Waals surface area contributed by atoms with Gasteiger partial charge in [0.15, 0.2) is 5.65 Å². The van der Waals surface area contributed by atoms with E-state index in [-0.39, 0.29) is 5.91 Å². The first-order chi connectivity index (χ1) is 12.8. The van der Waals surface area contributed by atoms with E-state index in [2.05, 4.69) is 20.4 Å². The fourth-order valence-electron chi connectivity index (χ4n) is 3.92. The summed E-state index contributed by atoms with van der Waals surface area (Å²) in [5.74, 6) is 2.00. The highest BCUT2D eigenvalue weighted by molar-refractivity contribution is 5.92. The third kappa shape index (κ3) is 2.87. The van der Waals surface area contributed by atoms with Gasteiger partial charge in [-0.15, -0.1) is 10.2 Å². The minimum absolute atomic E-state index is 0.0453. The van der Waals surface area contributed by atoms with Gasteiger partial charge in [-0.3, -0.25) is 14.3 Å². The molecular formula is C19H22N6O. The Morgan fingerprint density at radius 2 is 2.15 bits per heavy atom. The molecule has 1 atom stereocenters. The molecule has 4 heterocycles. The first-order valence-corrected chi connectivity index (χ1v) is 9.41. The number of hydrogen-bond acceptors (Lipinski definition) is 4. The number of fused-ring (bicyclic) bond motifs is 1. The monoisotopic (exact) mass is 350 g/mol. The fraction of sp³-hybridized carbons (Fsp3) is 0.474. The van der Waals surface area contributed by atoms with Crippen molar-refractivity contribution >= 4 is 11.6 Å². The molecular weight excluding hydrogens is 328 g/mol. The molecule has 0 aromatic carbocycles. The van der Waals surface area contributed by atoms with Crippen LogP contribution in [0.25, 0.3) is 5.65 Å². The second kappa shape index (κ2) is 6.23. The summed E-state index contributed by atoms with van der Waals surface area (Å²) in [4.78, 5) is 14.8. The predicted molar refractivity (Wildman–Crippen MR) is 95.9 cm³/mol. The van der Waals surface area contributed by atoms with Gasteiger partial charge in [-0.05, 0) is 49.8 Å². The zero-order chi connectivity index (χ0) is 17.5. The van der Waals surface area contributed by atoms with Crippen molar-refractivity contribution in [2.24, 2.45) is 5.92 Å². The average molecular weight is 350 g/mol. The number of aromatic nitrogens is 5. The van der Waals surface area contributed by atoms with Crippen LogP contribution in [-0.4, -0.2) is 48.7 Å².